The molecule has 1 unspecified atom stereocenters. The maximum atomic E-state index is 13.7. The van der Waals surface area contributed by atoms with Gasteiger partial charge in [0.25, 0.3) is 0 Å². The number of hydrogen-bond donors (Lipinski definition) is 0. The fraction of sp³-hybridized carbons (Fsp3) is 0.833. The maximum Gasteiger partial charge on any atom is 0.460 e. The molecule has 0 rings (SSSR count). The molecule has 0 heterocycles. The molecule has 338 valence electrons. The van der Waals surface area contributed by atoms with Gasteiger partial charge in [0.05, 0.1) is 6.61 Å². The van der Waals surface area contributed by atoms with Crippen LogP contribution in [0.4, 0.5) is 74.6 Å². The minimum Gasteiger partial charge on any atom is -0.462 e. The summed E-state index contributed by atoms with van der Waals surface area (Å²) in [6, 6.07) is 0. The third-order valence-electron chi connectivity index (χ3n) is 8.47. The first-order chi connectivity index (χ1) is 25.7. The van der Waals surface area contributed by atoms with Gasteiger partial charge >= 0.3 is 59.6 Å². The van der Waals surface area contributed by atoms with Gasteiger partial charge in [-0.3, -0.25) is 0 Å². The highest BCUT2D eigenvalue weighted by atomic mass is 19.4. The Morgan fingerprint density at radius 1 is 0.456 bits per heavy atom. The van der Waals surface area contributed by atoms with Gasteiger partial charge in [0, 0.05) is 11.1 Å². The normalized spacial score (nSPS) is 14.1. The summed E-state index contributed by atoms with van der Waals surface area (Å²) in [6.45, 7) is 11.1. The molecule has 1 atom stereocenters. The van der Waals surface area contributed by atoms with E-state index in [4.69, 9.17) is 4.74 Å². The largest absolute Gasteiger partial charge is 0.462 e. The minimum absolute atomic E-state index is 0.254. The number of rotatable bonds is 27. The van der Waals surface area contributed by atoms with Crippen LogP contribution >= 0.6 is 0 Å². The van der Waals surface area contributed by atoms with Crippen LogP contribution in [-0.4, -0.2) is 72.3 Å². The number of ether oxygens (including phenoxy) is 2. The molecule has 0 amide bonds. The molecule has 0 aromatic rings. The molecular formula is C36H51F17O4. The smallest absolute Gasteiger partial charge is 0.460 e. The SMILES string of the molecule is C=C(C)C(=O)OC(C)C(F)(F)C(F)(F)C(F)(F)C(F)(F)C(F)(F)C(F)(F)C(F)(F)C(F)(F)F.C=C(C)C(=O)OCCCCCCCCCCCCCCCCCC. The monoisotopic (exact) mass is 870 g/mol. The molecule has 0 aliphatic rings. The lowest BCUT2D eigenvalue weighted by Gasteiger charge is -2.43. The zero-order valence-corrected chi connectivity index (χ0v) is 32.1. The second-order valence-electron chi connectivity index (χ2n) is 13.6. The summed E-state index contributed by atoms with van der Waals surface area (Å²) in [5, 5.41) is 0. The van der Waals surface area contributed by atoms with Gasteiger partial charge in [0.2, 0.25) is 0 Å². The number of carbonyl (C=O) groups is 2. The third kappa shape index (κ3) is 14.8. The lowest BCUT2D eigenvalue weighted by molar-refractivity contribution is -0.463. The van der Waals surface area contributed by atoms with E-state index in [1.165, 1.54) is 96.3 Å². The average Bonchev–Trinajstić information content (AvgIpc) is 3.08. The minimum atomic E-state index is -8.71. The van der Waals surface area contributed by atoms with E-state index in [-0.39, 0.29) is 12.9 Å². The van der Waals surface area contributed by atoms with Gasteiger partial charge in [0.1, 0.15) is 0 Å². The summed E-state index contributed by atoms with van der Waals surface area (Å²) >= 11 is 0. The molecule has 0 aromatic carbocycles. The molecule has 0 bridgehead atoms. The zero-order valence-electron chi connectivity index (χ0n) is 32.1. The van der Waals surface area contributed by atoms with Crippen LogP contribution in [0.3, 0.4) is 0 Å². The Hall–Kier alpha value is -2.77. The van der Waals surface area contributed by atoms with Crippen molar-refractivity contribution in [1.82, 2.24) is 0 Å². The summed E-state index contributed by atoms with van der Waals surface area (Å²) in [5.74, 6) is -59.6. The molecule has 0 spiro atoms. The van der Waals surface area contributed by atoms with E-state index < -0.39 is 65.3 Å². The van der Waals surface area contributed by atoms with Crippen molar-refractivity contribution in [1.29, 1.82) is 0 Å². The predicted molar refractivity (Wildman–Crippen MR) is 176 cm³/mol. The summed E-state index contributed by atoms with van der Waals surface area (Å²) in [5.41, 5.74) is -0.384. The van der Waals surface area contributed by atoms with Crippen LogP contribution in [0.5, 0.6) is 0 Å². The van der Waals surface area contributed by atoms with Crippen LogP contribution in [0, 0.1) is 0 Å². The molecule has 21 heteroatoms. The Morgan fingerprint density at radius 3 is 1.04 bits per heavy atom. The molecule has 0 fully saturated rings. The number of esters is 2. The standard InChI is InChI=1S/C22H42O2.C14H9F17O2/c1-4-5-6-7-8-9-10-11-12-13-14-15-16-17-18-19-20-24-22(23)21(2)3;1-4(2)6(32)33-5(3)7(15,16)8(17,18)9(19,20)10(21,22)11(23,24)12(25,26)13(27,28)14(29,30)31/h2,4-20H2,1,3H3;5H,1H2,2-3H3. The molecule has 0 aliphatic heterocycles. The summed E-state index contributed by atoms with van der Waals surface area (Å²) in [6.07, 6.45) is 10.0. The first-order valence-corrected chi connectivity index (χ1v) is 18.1. The van der Waals surface area contributed by atoms with Crippen molar-refractivity contribution in [2.75, 3.05) is 6.61 Å². The van der Waals surface area contributed by atoms with Crippen molar-refractivity contribution in [2.24, 2.45) is 0 Å². The van der Waals surface area contributed by atoms with E-state index in [1.54, 1.807) is 6.92 Å². The van der Waals surface area contributed by atoms with E-state index in [0.717, 1.165) is 6.42 Å². The lowest BCUT2D eigenvalue weighted by atomic mass is 9.88. The van der Waals surface area contributed by atoms with Crippen LogP contribution in [-0.2, 0) is 19.1 Å². The Labute approximate surface area is 321 Å². The second kappa shape index (κ2) is 23.1. The molecular weight excluding hydrogens is 819 g/mol. The lowest BCUT2D eigenvalue weighted by Crippen LogP contribution is -2.75. The topological polar surface area (TPSA) is 52.6 Å². The Balaban J connectivity index is 0. The van der Waals surface area contributed by atoms with E-state index in [9.17, 15) is 84.2 Å². The highest BCUT2D eigenvalue weighted by molar-refractivity contribution is 5.87. The van der Waals surface area contributed by atoms with Crippen LogP contribution in [0.15, 0.2) is 24.3 Å². The van der Waals surface area contributed by atoms with Crippen molar-refractivity contribution in [2.45, 2.75) is 184 Å². The van der Waals surface area contributed by atoms with Gasteiger partial charge in [-0.1, -0.05) is 116 Å². The maximum absolute atomic E-state index is 13.7. The molecule has 4 nitrogen and oxygen atoms in total. The molecule has 57 heavy (non-hydrogen) atoms. The fourth-order valence-corrected chi connectivity index (χ4v) is 4.70. The van der Waals surface area contributed by atoms with Crippen LogP contribution < -0.4 is 0 Å². The van der Waals surface area contributed by atoms with Gasteiger partial charge in [-0.2, -0.15) is 74.6 Å². The first-order valence-electron chi connectivity index (χ1n) is 18.1. The zero-order chi connectivity index (χ0) is 45.3. The molecule has 0 N–H and O–H groups in total. The van der Waals surface area contributed by atoms with Crippen molar-refractivity contribution in [3.63, 3.8) is 0 Å². The second-order valence-corrected chi connectivity index (χ2v) is 13.6. The fourth-order valence-electron chi connectivity index (χ4n) is 4.70. The quantitative estimate of drug-likeness (QED) is 0.0357. The number of unbranched alkanes of at least 4 members (excludes halogenated alkanes) is 15. The molecule has 0 saturated heterocycles. The van der Waals surface area contributed by atoms with Gasteiger partial charge in [-0.05, 0) is 27.2 Å². The van der Waals surface area contributed by atoms with Crippen LogP contribution in [0.1, 0.15) is 130 Å². The third-order valence-corrected chi connectivity index (χ3v) is 8.47. The Morgan fingerprint density at radius 2 is 0.737 bits per heavy atom. The van der Waals surface area contributed by atoms with Crippen LogP contribution in [0.2, 0.25) is 0 Å². The molecule has 0 saturated carbocycles. The average molecular weight is 871 g/mol. The van der Waals surface area contributed by atoms with E-state index in [2.05, 4.69) is 24.8 Å². The van der Waals surface area contributed by atoms with Crippen molar-refractivity contribution in [3.05, 3.63) is 24.3 Å². The van der Waals surface area contributed by atoms with Crippen molar-refractivity contribution >= 4 is 11.9 Å². The number of carbonyl (C=O) groups excluding carboxylic acids is 2. The van der Waals surface area contributed by atoms with Gasteiger partial charge in [-0.25, -0.2) is 9.59 Å². The van der Waals surface area contributed by atoms with E-state index in [1.807, 2.05) is 0 Å². The summed E-state index contributed by atoms with van der Waals surface area (Å²) in [4.78, 5) is 22.2. The Kier molecular flexibility index (Phi) is 22.9. The predicted octanol–water partition coefficient (Wildman–Crippen LogP) is 13.9. The van der Waals surface area contributed by atoms with E-state index >= 15 is 0 Å². The highest BCUT2D eigenvalue weighted by Crippen LogP contribution is 2.64. The number of halogens is 17. The van der Waals surface area contributed by atoms with Crippen molar-refractivity contribution < 1.29 is 93.7 Å². The molecule has 0 radical (unpaired) electrons. The summed E-state index contributed by atoms with van der Waals surface area (Å²) < 4.78 is 231. The highest BCUT2D eigenvalue weighted by Gasteiger charge is 2.95. The molecule has 0 aliphatic carbocycles. The number of alkyl halides is 17. The van der Waals surface area contributed by atoms with E-state index in [0.29, 0.717) is 19.1 Å². The molecule has 0 aromatic heterocycles. The first kappa shape index (κ1) is 56.3. The number of hydrogen-bond acceptors (Lipinski definition) is 4. The van der Waals surface area contributed by atoms with Crippen molar-refractivity contribution in [3.8, 4) is 0 Å². The van der Waals surface area contributed by atoms with Gasteiger partial charge < -0.3 is 9.47 Å². The summed E-state index contributed by atoms with van der Waals surface area (Å²) in [7, 11) is 0. The van der Waals surface area contributed by atoms with Gasteiger partial charge in [-0.15, -0.1) is 0 Å². The van der Waals surface area contributed by atoms with Gasteiger partial charge in [0.15, 0.2) is 6.10 Å². The Bertz CT molecular complexity index is 1250. The van der Waals surface area contributed by atoms with Crippen LogP contribution in [0.25, 0.3) is 0 Å².